The van der Waals surface area contributed by atoms with E-state index in [1.807, 2.05) is 17.4 Å². The van der Waals surface area contributed by atoms with E-state index in [2.05, 4.69) is 59.4 Å². The van der Waals surface area contributed by atoms with Crippen LogP contribution in [0, 0.1) is 0 Å². The van der Waals surface area contributed by atoms with Crippen LogP contribution in [-0.4, -0.2) is 6.54 Å². The van der Waals surface area contributed by atoms with Gasteiger partial charge < -0.3 is 5.32 Å². The zero-order valence-electron chi connectivity index (χ0n) is 12.5. The van der Waals surface area contributed by atoms with Gasteiger partial charge in [0.15, 0.2) is 0 Å². The highest BCUT2D eigenvalue weighted by Crippen LogP contribution is 2.29. The molecule has 2 rings (SSSR count). The first-order chi connectivity index (χ1) is 10.1. The Balaban J connectivity index is 2.18. The molecule has 1 aromatic heterocycles. The van der Waals surface area contributed by atoms with E-state index in [1.165, 1.54) is 15.3 Å². The SMILES string of the molecule is CCCNC(Cc1ccc(CC)s1)c1ccc(Br)c(Cl)c1. The Kier molecular flexibility index (Phi) is 6.74. The minimum atomic E-state index is 0.318. The van der Waals surface area contributed by atoms with Crippen LogP contribution in [0.4, 0.5) is 0 Å². The molecular formula is C17H21BrClNS. The molecule has 2 aromatic rings. The van der Waals surface area contributed by atoms with E-state index in [9.17, 15) is 0 Å². The molecule has 0 bridgehead atoms. The van der Waals surface area contributed by atoms with E-state index in [1.54, 1.807) is 0 Å². The van der Waals surface area contributed by atoms with Crippen LogP contribution in [-0.2, 0) is 12.8 Å². The van der Waals surface area contributed by atoms with Gasteiger partial charge in [0, 0.05) is 26.7 Å². The van der Waals surface area contributed by atoms with E-state index in [4.69, 9.17) is 11.6 Å². The van der Waals surface area contributed by atoms with Crippen molar-refractivity contribution < 1.29 is 0 Å². The molecule has 114 valence electrons. The Morgan fingerprint density at radius 1 is 1.19 bits per heavy atom. The molecule has 0 saturated carbocycles. The quantitative estimate of drug-likeness (QED) is 0.614. The maximum atomic E-state index is 6.25. The lowest BCUT2D eigenvalue weighted by Crippen LogP contribution is -2.23. The second kappa shape index (κ2) is 8.33. The highest BCUT2D eigenvalue weighted by molar-refractivity contribution is 9.10. The van der Waals surface area contributed by atoms with Crippen LogP contribution in [0.3, 0.4) is 0 Å². The lowest BCUT2D eigenvalue weighted by atomic mass is 10.0. The van der Waals surface area contributed by atoms with E-state index in [-0.39, 0.29) is 0 Å². The Morgan fingerprint density at radius 2 is 1.95 bits per heavy atom. The summed E-state index contributed by atoms with van der Waals surface area (Å²) in [6.45, 7) is 5.42. The van der Waals surface area contributed by atoms with Gasteiger partial charge in [0.1, 0.15) is 0 Å². The molecule has 0 amide bonds. The molecular weight excluding hydrogens is 366 g/mol. The number of nitrogens with one attached hydrogen (secondary N) is 1. The predicted molar refractivity (Wildman–Crippen MR) is 97.6 cm³/mol. The maximum Gasteiger partial charge on any atom is 0.0551 e. The van der Waals surface area contributed by atoms with Gasteiger partial charge >= 0.3 is 0 Å². The molecule has 0 aliphatic carbocycles. The first kappa shape index (κ1) is 17.0. The van der Waals surface area contributed by atoms with Crippen LogP contribution in [0.15, 0.2) is 34.8 Å². The van der Waals surface area contributed by atoms with Gasteiger partial charge in [-0.25, -0.2) is 0 Å². The van der Waals surface area contributed by atoms with Gasteiger partial charge in [-0.15, -0.1) is 11.3 Å². The van der Waals surface area contributed by atoms with E-state index in [0.717, 1.165) is 35.3 Å². The van der Waals surface area contributed by atoms with Crippen molar-refractivity contribution in [3.05, 3.63) is 55.1 Å². The Hall–Kier alpha value is -0.350. The van der Waals surface area contributed by atoms with Crippen LogP contribution in [0.2, 0.25) is 5.02 Å². The second-order valence-corrected chi connectivity index (χ2v) is 7.62. The number of benzene rings is 1. The Bertz CT molecular complexity index is 582. The summed E-state index contributed by atoms with van der Waals surface area (Å²) in [5.74, 6) is 0. The number of rotatable bonds is 7. The highest BCUT2D eigenvalue weighted by Gasteiger charge is 2.14. The largest absolute Gasteiger partial charge is 0.310 e. The fourth-order valence-corrected chi connectivity index (χ4v) is 3.72. The first-order valence-electron chi connectivity index (χ1n) is 7.40. The molecule has 0 aliphatic heterocycles. The van der Waals surface area contributed by atoms with Gasteiger partial charge in [-0.3, -0.25) is 0 Å². The van der Waals surface area contributed by atoms with Crippen LogP contribution in [0.25, 0.3) is 0 Å². The second-order valence-electron chi connectivity index (χ2n) is 5.11. The molecule has 1 heterocycles. The fourth-order valence-electron chi connectivity index (χ4n) is 2.28. The summed E-state index contributed by atoms with van der Waals surface area (Å²) in [4.78, 5) is 2.88. The third-order valence-corrected chi connectivity index (χ3v) is 5.94. The van der Waals surface area contributed by atoms with Crippen molar-refractivity contribution in [1.29, 1.82) is 0 Å². The smallest absolute Gasteiger partial charge is 0.0551 e. The molecule has 0 saturated heterocycles. The van der Waals surface area contributed by atoms with Crippen LogP contribution in [0.5, 0.6) is 0 Å². The van der Waals surface area contributed by atoms with E-state index in [0.29, 0.717) is 6.04 Å². The summed E-state index contributed by atoms with van der Waals surface area (Å²) < 4.78 is 0.951. The van der Waals surface area contributed by atoms with Crippen molar-refractivity contribution >= 4 is 38.9 Å². The lowest BCUT2D eigenvalue weighted by molar-refractivity contribution is 0.532. The number of hydrogen-bond donors (Lipinski definition) is 1. The Labute approximate surface area is 144 Å². The summed E-state index contributed by atoms with van der Waals surface area (Å²) in [6.07, 6.45) is 3.26. The van der Waals surface area contributed by atoms with Crippen molar-refractivity contribution in [2.24, 2.45) is 0 Å². The Morgan fingerprint density at radius 3 is 2.57 bits per heavy atom. The normalized spacial score (nSPS) is 12.6. The number of halogens is 2. The van der Waals surface area contributed by atoms with Crippen molar-refractivity contribution in [2.75, 3.05) is 6.54 Å². The third-order valence-electron chi connectivity index (χ3n) is 3.46. The van der Waals surface area contributed by atoms with Gasteiger partial charge in [0.2, 0.25) is 0 Å². The average molecular weight is 387 g/mol. The molecule has 1 aromatic carbocycles. The zero-order valence-corrected chi connectivity index (χ0v) is 15.6. The van der Waals surface area contributed by atoms with Crippen molar-refractivity contribution in [2.45, 2.75) is 39.2 Å². The van der Waals surface area contributed by atoms with Crippen LogP contribution < -0.4 is 5.32 Å². The van der Waals surface area contributed by atoms with Crippen LogP contribution in [0.1, 0.15) is 41.6 Å². The molecule has 1 nitrogen and oxygen atoms in total. The van der Waals surface area contributed by atoms with Crippen LogP contribution >= 0.6 is 38.9 Å². The van der Waals surface area contributed by atoms with Gasteiger partial charge in [-0.05, 0) is 65.1 Å². The molecule has 21 heavy (non-hydrogen) atoms. The van der Waals surface area contributed by atoms with Crippen molar-refractivity contribution in [3.63, 3.8) is 0 Å². The third kappa shape index (κ3) is 4.82. The molecule has 0 radical (unpaired) electrons. The summed E-state index contributed by atoms with van der Waals surface area (Å²) in [5, 5.41) is 4.42. The summed E-state index contributed by atoms with van der Waals surface area (Å²) >= 11 is 11.6. The summed E-state index contributed by atoms with van der Waals surface area (Å²) in [7, 11) is 0. The fraction of sp³-hybridized carbons (Fsp3) is 0.412. The molecule has 4 heteroatoms. The van der Waals surface area contributed by atoms with Crippen molar-refractivity contribution in [3.8, 4) is 0 Å². The molecule has 0 fully saturated rings. The highest BCUT2D eigenvalue weighted by atomic mass is 79.9. The number of hydrogen-bond acceptors (Lipinski definition) is 2. The number of aryl methyl sites for hydroxylation is 1. The van der Waals surface area contributed by atoms with Gasteiger partial charge in [0.05, 0.1) is 5.02 Å². The molecule has 0 aliphatic rings. The average Bonchev–Trinajstić information content (AvgIpc) is 2.94. The van der Waals surface area contributed by atoms with Gasteiger partial charge in [-0.2, -0.15) is 0 Å². The predicted octanol–water partition coefficient (Wildman–Crippen LogP) is 6.01. The van der Waals surface area contributed by atoms with Gasteiger partial charge in [0.25, 0.3) is 0 Å². The first-order valence-corrected chi connectivity index (χ1v) is 9.38. The van der Waals surface area contributed by atoms with Crippen molar-refractivity contribution in [1.82, 2.24) is 5.32 Å². The maximum absolute atomic E-state index is 6.25. The minimum absolute atomic E-state index is 0.318. The standard InChI is InChI=1S/C17H21BrClNS/c1-3-9-20-17(11-14-7-6-13(4-2)21-14)12-5-8-15(18)16(19)10-12/h5-8,10,17,20H,3-4,9,11H2,1-2H3. The molecule has 1 N–H and O–H groups in total. The lowest BCUT2D eigenvalue weighted by Gasteiger charge is -2.19. The topological polar surface area (TPSA) is 12.0 Å². The molecule has 1 atom stereocenters. The van der Waals surface area contributed by atoms with Gasteiger partial charge in [-0.1, -0.05) is 31.5 Å². The number of thiophene rings is 1. The minimum Gasteiger partial charge on any atom is -0.310 e. The summed E-state index contributed by atoms with van der Waals surface area (Å²) in [6, 6.07) is 11.1. The van der Waals surface area contributed by atoms with E-state index >= 15 is 0 Å². The monoisotopic (exact) mass is 385 g/mol. The van der Waals surface area contributed by atoms with E-state index < -0.39 is 0 Å². The molecule has 0 spiro atoms. The molecule has 1 unspecified atom stereocenters. The zero-order chi connectivity index (χ0) is 15.2. The summed E-state index contributed by atoms with van der Waals surface area (Å²) in [5.41, 5.74) is 1.25.